The molecule has 0 radical (unpaired) electrons. The van der Waals surface area contributed by atoms with Crippen molar-refractivity contribution in [2.24, 2.45) is 5.92 Å². The number of aliphatic hydroxyl groups is 1. The molecule has 1 aromatic carbocycles. The van der Waals surface area contributed by atoms with E-state index in [1.165, 1.54) is 0 Å². The van der Waals surface area contributed by atoms with Crippen molar-refractivity contribution in [2.45, 2.75) is 32.8 Å². The van der Waals surface area contributed by atoms with E-state index in [1.807, 2.05) is 44.2 Å². The van der Waals surface area contributed by atoms with Gasteiger partial charge in [-0.2, -0.15) is 0 Å². The minimum absolute atomic E-state index is 0.102. The Labute approximate surface area is 171 Å². The first-order valence-electron chi connectivity index (χ1n) is 10.4. The number of anilines is 2. The summed E-state index contributed by atoms with van der Waals surface area (Å²) in [5.41, 5.74) is 2.66. The van der Waals surface area contributed by atoms with Crippen LogP contribution in [0.3, 0.4) is 0 Å². The summed E-state index contributed by atoms with van der Waals surface area (Å²) in [6.45, 7) is 8.05. The molecule has 1 aromatic heterocycles. The van der Waals surface area contributed by atoms with Crippen LogP contribution >= 0.6 is 0 Å². The Kier molecular flexibility index (Phi) is 5.78. The Morgan fingerprint density at radius 2 is 1.83 bits per heavy atom. The lowest BCUT2D eigenvalue weighted by Crippen LogP contribution is -2.47. The molecule has 1 aliphatic heterocycles. The predicted octanol–water partition coefficient (Wildman–Crippen LogP) is 2.30. The van der Waals surface area contributed by atoms with Gasteiger partial charge in [0, 0.05) is 56.1 Å². The third-order valence-corrected chi connectivity index (χ3v) is 5.59. The molecule has 0 spiro atoms. The van der Waals surface area contributed by atoms with Gasteiger partial charge in [0.25, 0.3) is 0 Å². The zero-order valence-electron chi connectivity index (χ0n) is 17.1. The number of aryl methyl sites for hydroxylation is 2. The van der Waals surface area contributed by atoms with Crippen LogP contribution in [0.2, 0.25) is 0 Å². The largest absolute Gasteiger partial charge is 0.387 e. The van der Waals surface area contributed by atoms with E-state index in [2.05, 4.69) is 25.1 Å². The number of amides is 1. The number of aliphatic hydroxyl groups excluding tert-OH is 1. The maximum absolute atomic E-state index is 11.8. The van der Waals surface area contributed by atoms with Crippen molar-refractivity contribution in [3.63, 3.8) is 0 Å². The summed E-state index contributed by atoms with van der Waals surface area (Å²) in [5.74, 6) is 2.08. The quantitative estimate of drug-likeness (QED) is 0.781. The molecule has 1 amide bonds. The summed E-state index contributed by atoms with van der Waals surface area (Å²) < 4.78 is 0. The summed E-state index contributed by atoms with van der Waals surface area (Å²) in [6.07, 6.45) is 1.44. The Balaban J connectivity index is 1.28. The van der Waals surface area contributed by atoms with Crippen molar-refractivity contribution in [1.29, 1.82) is 0 Å². The van der Waals surface area contributed by atoms with Crippen LogP contribution in [0.1, 0.15) is 36.0 Å². The monoisotopic (exact) mass is 395 g/mol. The number of nitrogens with zero attached hydrogens (tertiary/aromatic N) is 4. The number of carbonyl (C=O) groups is 1. The molecule has 1 saturated carbocycles. The first-order valence-corrected chi connectivity index (χ1v) is 10.4. The second-order valence-electron chi connectivity index (χ2n) is 8.10. The van der Waals surface area contributed by atoms with Gasteiger partial charge in [-0.25, -0.2) is 9.97 Å². The SMILES string of the molecule is Cc1cc(N2CCN(CC(O)c3ccc(NC(=O)C4CC4)cc3)CC2)nc(C)n1. The lowest BCUT2D eigenvalue weighted by Gasteiger charge is -2.36. The number of β-amino-alcohol motifs (C(OH)–C–C–N with tert-alkyl or cyclic N) is 1. The van der Waals surface area contributed by atoms with Crippen molar-refractivity contribution in [1.82, 2.24) is 14.9 Å². The van der Waals surface area contributed by atoms with Crippen molar-refractivity contribution < 1.29 is 9.90 Å². The molecule has 2 aliphatic rings. The normalized spacial score (nSPS) is 18.5. The average molecular weight is 396 g/mol. The van der Waals surface area contributed by atoms with Crippen LogP contribution in [0.4, 0.5) is 11.5 Å². The number of benzene rings is 1. The lowest BCUT2D eigenvalue weighted by atomic mass is 10.1. The molecule has 7 nitrogen and oxygen atoms in total. The zero-order valence-corrected chi connectivity index (χ0v) is 17.1. The number of hydrogen-bond donors (Lipinski definition) is 2. The number of piperazine rings is 1. The zero-order chi connectivity index (χ0) is 20.4. The van der Waals surface area contributed by atoms with Crippen LogP contribution in [0.5, 0.6) is 0 Å². The van der Waals surface area contributed by atoms with Gasteiger partial charge >= 0.3 is 0 Å². The van der Waals surface area contributed by atoms with E-state index in [9.17, 15) is 9.90 Å². The fraction of sp³-hybridized carbons (Fsp3) is 0.500. The number of rotatable bonds is 6. The third kappa shape index (κ3) is 5.10. The maximum Gasteiger partial charge on any atom is 0.227 e. The molecule has 2 heterocycles. The fourth-order valence-corrected chi connectivity index (χ4v) is 3.75. The Morgan fingerprint density at radius 3 is 2.45 bits per heavy atom. The van der Waals surface area contributed by atoms with Gasteiger partial charge in [-0.1, -0.05) is 12.1 Å². The summed E-state index contributed by atoms with van der Waals surface area (Å²) in [4.78, 5) is 25.3. The van der Waals surface area contributed by atoms with Crippen molar-refractivity contribution in [3.8, 4) is 0 Å². The van der Waals surface area contributed by atoms with E-state index in [-0.39, 0.29) is 11.8 Å². The van der Waals surface area contributed by atoms with Gasteiger partial charge in [-0.15, -0.1) is 0 Å². The average Bonchev–Trinajstić information content (AvgIpc) is 3.54. The molecule has 1 saturated heterocycles. The molecule has 1 atom stereocenters. The lowest BCUT2D eigenvalue weighted by molar-refractivity contribution is -0.117. The van der Waals surface area contributed by atoms with E-state index in [0.717, 1.165) is 67.6 Å². The molecule has 2 fully saturated rings. The van der Waals surface area contributed by atoms with Gasteiger partial charge in [-0.05, 0) is 44.4 Å². The van der Waals surface area contributed by atoms with Gasteiger partial charge in [-0.3, -0.25) is 9.69 Å². The highest BCUT2D eigenvalue weighted by molar-refractivity contribution is 5.94. The second-order valence-corrected chi connectivity index (χ2v) is 8.10. The summed E-state index contributed by atoms with van der Waals surface area (Å²) in [6, 6.07) is 9.57. The Hall–Kier alpha value is -2.51. The minimum atomic E-state index is -0.543. The molecule has 4 rings (SSSR count). The van der Waals surface area contributed by atoms with Crippen LogP contribution < -0.4 is 10.2 Å². The molecule has 154 valence electrons. The van der Waals surface area contributed by atoms with E-state index in [0.29, 0.717) is 6.54 Å². The highest BCUT2D eigenvalue weighted by Gasteiger charge is 2.29. The van der Waals surface area contributed by atoms with Gasteiger partial charge in [0.15, 0.2) is 0 Å². The topological polar surface area (TPSA) is 81.6 Å². The summed E-state index contributed by atoms with van der Waals surface area (Å²) >= 11 is 0. The molecule has 7 heteroatoms. The Bertz CT molecular complexity index is 838. The summed E-state index contributed by atoms with van der Waals surface area (Å²) in [7, 11) is 0. The van der Waals surface area contributed by atoms with Gasteiger partial charge in [0.05, 0.1) is 6.10 Å². The molecular weight excluding hydrogens is 366 g/mol. The van der Waals surface area contributed by atoms with E-state index in [1.54, 1.807) is 0 Å². The van der Waals surface area contributed by atoms with Gasteiger partial charge in [0.2, 0.25) is 5.91 Å². The number of hydrogen-bond acceptors (Lipinski definition) is 6. The molecule has 1 aliphatic carbocycles. The van der Waals surface area contributed by atoms with Crippen molar-refractivity contribution >= 4 is 17.4 Å². The van der Waals surface area contributed by atoms with E-state index < -0.39 is 6.10 Å². The van der Waals surface area contributed by atoms with Gasteiger partial charge < -0.3 is 15.3 Å². The molecule has 2 N–H and O–H groups in total. The van der Waals surface area contributed by atoms with E-state index >= 15 is 0 Å². The van der Waals surface area contributed by atoms with Crippen LogP contribution in [0, 0.1) is 19.8 Å². The van der Waals surface area contributed by atoms with Crippen LogP contribution in [0.25, 0.3) is 0 Å². The second kappa shape index (κ2) is 8.47. The van der Waals surface area contributed by atoms with Crippen LogP contribution in [-0.4, -0.2) is 58.6 Å². The highest BCUT2D eigenvalue weighted by atomic mass is 16.3. The number of aromatic nitrogens is 2. The smallest absolute Gasteiger partial charge is 0.227 e. The number of nitrogens with one attached hydrogen (secondary N) is 1. The maximum atomic E-state index is 11.8. The van der Waals surface area contributed by atoms with Crippen LogP contribution in [-0.2, 0) is 4.79 Å². The fourth-order valence-electron chi connectivity index (χ4n) is 3.75. The molecule has 2 aromatic rings. The van der Waals surface area contributed by atoms with Gasteiger partial charge in [0.1, 0.15) is 11.6 Å². The van der Waals surface area contributed by atoms with Crippen LogP contribution in [0.15, 0.2) is 30.3 Å². The first-order chi connectivity index (χ1) is 14.0. The minimum Gasteiger partial charge on any atom is -0.387 e. The summed E-state index contributed by atoms with van der Waals surface area (Å²) in [5, 5.41) is 13.6. The van der Waals surface area contributed by atoms with E-state index in [4.69, 9.17) is 0 Å². The predicted molar refractivity (Wildman–Crippen MR) is 113 cm³/mol. The highest BCUT2D eigenvalue weighted by Crippen LogP contribution is 2.30. The Morgan fingerprint density at radius 1 is 1.14 bits per heavy atom. The van der Waals surface area contributed by atoms with Crippen molar-refractivity contribution in [3.05, 3.63) is 47.4 Å². The molecule has 0 bridgehead atoms. The first kappa shape index (κ1) is 19.8. The van der Waals surface area contributed by atoms with Crippen molar-refractivity contribution in [2.75, 3.05) is 42.9 Å². The number of carbonyl (C=O) groups excluding carboxylic acids is 1. The molecular formula is C22H29N5O2. The standard InChI is InChI=1S/C22H29N5O2/c1-15-13-21(24-16(2)23-15)27-11-9-26(10-12-27)14-20(28)17-5-7-19(8-6-17)25-22(29)18-3-4-18/h5-8,13,18,20,28H,3-4,9-12,14H2,1-2H3,(H,25,29). The third-order valence-electron chi connectivity index (χ3n) is 5.59. The molecule has 1 unspecified atom stereocenters. The molecule has 29 heavy (non-hydrogen) atoms.